The summed E-state index contributed by atoms with van der Waals surface area (Å²) in [6, 6.07) is 0. The number of amides is 1. The number of nitrogens with zero attached hydrogens (tertiary/aromatic N) is 1. The first-order chi connectivity index (χ1) is 6.97. The summed E-state index contributed by atoms with van der Waals surface area (Å²) in [6.07, 6.45) is 1.23. The molecule has 0 aliphatic carbocycles. The summed E-state index contributed by atoms with van der Waals surface area (Å²) in [4.78, 5) is 13.2. The molecule has 1 amide bonds. The summed E-state index contributed by atoms with van der Waals surface area (Å²) < 4.78 is 0. The largest absolute Gasteiger partial charge is 0.392 e. The fourth-order valence-corrected chi connectivity index (χ4v) is 1.40. The minimum atomic E-state index is -0.547. The molecule has 0 heterocycles. The third-order valence-corrected chi connectivity index (χ3v) is 2.07. The highest BCUT2D eigenvalue weighted by Crippen LogP contribution is 2.03. The van der Waals surface area contributed by atoms with E-state index in [1.165, 1.54) is 4.90 Å². The minimum absolute atomic E-state index is 0.0126. The van der Waals surface area contributed by atoms with Crippen LogP contribution in [-0.2, 0) is 4.79 Å². The topological polar surface area (TPSA) is 60.8 Å². The molecule has 0 bridgehead atoms. The number of aliphatic hydroxyl groups excluding tert-OH is 2. The third kappa shape index (κ3) is 7.33. The molecule has 4 nitrogen and oxygen atoms in total. The molecule has 4 heteroatoms. The van der Waals surface area contributed by atoms with E-state index in [0.29, 0.717) is 19.5 Å². The lowest BCUT2D eigenvalue weighted by Gasteiger charge is -2.25. The fourth-order valence-electron chi connectivity index (χ4n) is 1.40. The molecule has 0 radical (unpaired) electrons. The van der Waals surface area contributed by atoms with Gasteiger partial charge in [0.2, 0.25) is 5.91 Å². The van der Waals surface area contributed by atoms with Crippen LogP contribution in [0.4, 0.5) is 0 Å². The van der Waals surface area contributed by atoms with Gasteiger partial charge in [0.25, 0.3) is 0 Å². The first-order valence-corrected chi connectivity index (χ1v) is 5.61. The van der Waals surface area contributed by atoms with Crippen molar-refractivity contribution in [2.75, 3.05) is 13.1 Å². The van der Waals surface area contributed by atoms with Gasteiger partial charge in [-0.2, -0.15) is 0 Å². The van der Waals surface area contributed by atoms with Crippen molar-refractivity contribution in [1.82, 2.24) is 4.90 Å². The Morgan fingerprint density at radius 3 is 2.00 bits per heavy atom. The van der Waals surface area contributed by atoms with E-state index in [2.05, 4.69) is 0 Å². The monoisotopic (exact) mass is 217 g/mol. The van der Waals surface area contributed by atoms with Gasteiger partial charge in [0, 0.05) is 19.5 Å². The zero-order chi connectivity index (χ0) is 11.8. The van der Waals surface area contributed by atoms with Gasteiger partial charge in [-0.1, -0.05) is 13.3 Å². The van der Waals surface area contributed by atoms with Gasteiger partial charge in [0.1, 0.15) is 0 Å². The molecule has 0 spiro atoms. The maximum absolute atomic E-state index is 11.7. The van der Waals surface area contributed by atoms with Crippen molar-refractivity contribution in [1.29, 1.82) is 0 Å². The van der Waals surface area contributed by atoms with Crippen LogP contribution in [0.15, 0.2) is 0 Å². The Balaban J connectivity index is 4.14. The van der Waals surface area contributed by atoms with Crippen LogP contribution in [0, 0.1) is 0 Å². The summed E-state index contributed by atoms with van der Waals surface area (Å²) in [7, 11) is 0. The van der Waals surface area contributed by atoms with Crippen LogP contribution in [0.1, 0.15) is 40.0 Å². The molecule has 0 aromatic carbocycles. The molecule has 15 heavy (non-hydrogen) atoms. The molecule has 0 fully saturated rings. The Morgan fingerprint density at radius 1 is 1.20 bits per heavy atom. The lowest BCUT2D eigenvalue weighted by Crippen LogP contribution is -2.40. The van der Waals surface area contributed by atoms with Crippen LogP contribution >= 0.6 is 0 Å². The Kier molecular flexibility index (Phi) is 7.34. The molecule has 90 valence electrons. The van der Waals surface area contributed by atoms with Gasteiger partial charge in [0.05, 0.1) is 12.2 Å². The first-order valence-electron chi connectivity index (χ1n) is 5.61. The molecular weight excluding hydrogens is 194 g/mol. The van der Waals surface area contributed by atoms with E-state index in [4.69, 9.17) is 0 Å². The van der Waals surface area contributed by atoms with Gasteiger partial charge < -0.3 is 15.1 Å². The summed E-state index contributed by atoms with van der Waals surface area (Å²) in [6.45, 7) is 5.91. The average molecular weight is 217 g/mol. The average Bonchev–Trinajstić information content (AvgIpc) is 2.11. The number of rotatable bonds is 7. The van der Waals surface area contributed by atoms with Gasteiger partial charge in [-0.3, -0.25) is 4.79 Å². The van der Waals surface area contributed by atoms with Gasteiger partial charge in [-0.05, 0) is 20.3 Å². The van der Waals surface area contributed by atoms with Crippen LogP contribution in [0.25, 0.3) is 0 Å². The molecule has 0 aromatic rings. The highest BCUT2D eigenvalue weighted by atomic mass is 16.3. The second-order valence-corrected chi connectivity index (χ2v) is 4.10. The third-order valence-electron chi connectivity index (χ3n) is 2.07. The number of carbonyl (C=O) groups excluding carboxylic acids is 1. The molecule has 2 atom stereocenters. The van der Waals surface area contributed by atoms with E-state index >= 15 is 0 Å². The highest BCUT2D eigenvalue weighted by Gasteiger charge is 2.16. The highest BCUT2D eigenvalue weighted by molar-refractivity contribution is 5.76. The van der Waals surface area contributed by atoms with E-state index in [1.807, 2.05) is 6.92 Å². The second-order valence-electron chi connectivity index (χ2n) is 4.10. The lowest BCUT2D eigenvalue weighted by molar-refractivity contribution is -0.134. The van der Waals surface area contributed by atoms with Crippen LogP contribution in [0.2, 0.25) is 0 Å². The Labute approximate surface area is 91.9 Å². The first kappa shape index (κ1) is 14.4. The van der Waals surface area contributed by atoms with Crippen molar-refractivity contribution in [3.8, 4) is 0 Å². The van der Waals surface area contributed by atoms with Crippen molar-refractivity contribution >= 4 is 5.91 Å². The fraction of sp³-hybridized carbons (Fsp3) is 0.909. The number of hydrogen-bond donors (Lipinski definition) is 2. The number of aliphatic hydroxyl groups is 2. The van der Waals surface area contributed by atoms with Crippen molar-refractivity contribution in [2.45, 2.75) is 52.2 Å². The van der Waals surface area contributed by atoms with E-state index in [1.54, 1.807) is 13.8 Å². The Bertz CT molecular complexity index is 171. The smallest absolute Gasteiger partial charge is 0.222 e. The SMILES string of the molecule is CCCCC(=O)N(CC(C)O)CC(C)O. The Morgan fingerprint density at radius 2 is 1.67 bits per heavy atom. The molecule has 0 saturated carbocycles. The van der Waals surface area contributed by atoms with Gasteiger partial charge in [0.15, 0.2) is 0 Å². The Hall–Kier alpha value is -0.610. The molecule has 0 aromatic heterocycles. The van der Waals surface area contributed by atoms with E-state index in [0.717, 1.165) is 12.8 Å². The second kappa shape index (κ2) is 7.65. The standard InChI is InChI=1S/C11H23NO3/c1-4-5-6-11(15)12(7-9(2)13)8-10(3)14/h9-10,13-14H,4-8H2,1-3H3. The summed E-state index contributed by atoms with van der Waals surface area (Å²) >= 11 is 0. The van der Waals surface area contributed by atoms with Crippen molar-refractivity contribution in [3.63, 3.8) is 0 Å². The quantitative estimate of drug-likeness (QED) is 0.662. The molecule has 2 unspecified atom stereocenters. The van der Waals surface area contributed by atoms with Gasteiger partial charge >= 0.3 is 0 Å². The molecule has 0 aliphatic heterocycles. The van der Waals surface area contributed by atoms with E-state index in [9.17, 15) is 15.0 Å². The van der Waals surface area contributed by atoms with Crippen LogP contribution in [-0.4, -0.2) is 46.3 Å². The number of unbranched alkanes of at least 4 members (excludes halogenated alkanes) is 1. The lowest BCUT2D eigenvalue weighted by atomic mass is 10.2. The van der Waals surface area contributed by atoms with Crippen LogP contribution in [0.5, 0.6) is 0 Å². The summed E-state index contributed by atoms with van der Waals surface area (Å²) in [5, 5.41) is 18.5. The predicted molar refractivity (Wildman–Crippen MR) is 59.5 cm³/mol. The predicted octanol–water partition coefficient (Wildman–Crippen LogP) is 0.767. The number of hydrogen-bond acceptors (Lipinski definition) is 3. The maximum Gasteiger partial charge on any atom is 0.222 e. The van der Waals surface area contributed by atoms with E-state index in [-0.39, 0.29) is 5.91 Å². The molecule has 0 rings (SSSR count). The normalized spacial score (nSPS) is 14.7. The molecule has 0 saturated heterocycles. The minimum Gasteiger partial charge on any atom is -0.392 e. The zero-order valence-corrected chi connectivity index (χ0v) is 9.94. The summed E-state index contributed by atoms with van der Waals surface area (Å²) in [5.41, 5.74) is 0. The van der Waals surface area contributed by atoms with Gasteiger partial charge in [-0.25, -0.2) is 0 Å². The zero-order valence-electron chi connectivity index (χ0n) is 9.94. The molecule has 2 N–H and O–H groups in total. The van der Waals surface area contributed by atoms with Crippen molar-refractivity contribution in [3.05, 3.63) is 0 Å². The summed E-state index contributed by atoms with van der Waals surface area (Å²) in [5.74, 6) is 0.0126. The van der Waals surface area contributed by atoms with Crippen LogP contribution in [0.3, 0.4) is 0 Å². The molecular formula is C11H23NO3. The van der Waals surface area contributed by atoms with Crippen molar-refractivity contribution < 1.29 is 15.0 Å². The van der Waals surface area contributed by atoms with Crippen LogP contribution < -0.4 is 0 Å². The number of carbonyl (C=O) groups is 1. The molecule has 0 aliphatic rings. The van der Waals surface area contributed by atoms with Gasteiger partial charge in [-0.15, -0.1) is 0 Å². The van der Waals surface area contributed by atoms with Crippen molar-refractivity contribution in [2.24, 2.45) is 0 Å². The van der Waals surface area contributed by atoms with E-state index < -0.39 is 12.2 Å². The maximum atomic E-state index is 11.7.